The molecule has 0 unspecified atom stereocenters. The summed E-state index contributed by atoms with van der Waals surface area (Å²) >= 11 is 0. The van der Waals surface area contributed by atoms with Gasteiger partial charge in [0.2, 0.25) is 12.7 Å². The number of nitrogens with one attached hydrogen (secondary N) is 2. The van der Waals surface area contributed by atoms with Crippen LogP contribution < -0.4 is 24.8 Å². The first-order chi connectivity index (χ1) is 11.7. The molecule has 24 heavy (non-hydrogen) atoms. The first-order valence-electron chi connectivity index (χ1n) is 7.73. The fourth-order valence-electron chi connectivity index (χ4n) is 2.38. The third kappa shape index (κ3) is 4.17. The molecule has 6 heteroatoms. The third-order valence-electron chi connectivity index (χ3n) is 3.70. The van der Waals surface area contributed by atoms with Crippen molar-refractivity contribution in [1.29, 1.82) is 0 Å². The molecular formula is C18H20N2O4. The molecule has 0 saturated heterocycles. The van der Waals surface area contributed by atoms with E-state index in [0.29, 0.717) is 13.1 Å². The average Bonchev–Trinajstić information content (AvgIpc) is 3.08. The van der Waals surface area contributed by atoms with Crippen LogP contribution in [-0.2, 0) is 17.9 Å². The lowest BCUT2D eigenvalue weighted by Crippen LogP contribution is -2.33. The summed E-state index contributed by atoms with van der Waals surface area (Å²) in [6, 6.07) is 13.4. The van der Waals surface area contributed by atoms with Crippen LogP contribution in [0.1, 0.15) is 11.1 Å². The number of rotatable bonds is 7. The standard InChI is InChI=1S/C18H20N2O4/c1-22-15-5-2-13(3-6-15)9-19-11-18(21)20-10-14-4-7-16-17(8-14)24-12-23-16/h2-8,19H,9-12H2,1H3,(H,20,21). The van der Waals surface area contributed by atoms with E-state index in [1.54, 1.807) is 7.11 Å². The molecule has 6 nitrogen and oxygen atoms in total. The van der Waals surface area contributed by atoms with E-state index in [0.717, 1.165) is 28.4 Å². The quantitative estimate of drug-likeness (QED) is 0.811. The van der Waals surface area contributed by atoms with Crippen molar-refractivity contribution in [2.75, 3.05) is 20.4 Å². The van der Waals surface area contributed by atoms with Crippen LogP contribution in [-0.4, -0.2) is 26.4 Å². The van der Waals surface area contributed by atoms with Crippen LogP contribution in [0.25, 0.3) is 0 Å². The van der Waals surface area contributed by atoms with Gasteiger partial charge in [-0.2, -0.15) is 0 Å². The normalized spacial score (nSPS) is 12.0. The molecule has 126 valence electrons. The van der Waals surface area contributed by atoms with Crippen LogP contribution in [0.15, 0.2) is 42.5 Å². The highest BCUT2D eigenvalue weighted by atomic mass is 16.7. The Hall–Kier alpha value is -2.73. The smallest absolute Gasteiger partial charge is 0.234 e. The van der Waals surface area contributed by atoms with Crippen molar-refractivity contribution in [2.45, 2.75) is 13.1 Å². The molecule has 0 bridgehead atoms. The van der Waals surface area contributed by atoms with Gasteiger partial charge >= 0.3 is 0 Å². The Morgan fingerprint density at radius 3 is 2.58 bits per heavy atom. The molecule has 3 rings (SSSR count). The maximum absolute atomic E-state index is 11.9. The van der Waals surface area contributed by atoms with E-state index in [1.807, 2.05) is 42.5 Å². The lowest BCUT2D eigenvalue weighted by molar-refractivity contribution is -0.120. The summed E-state index contributed by atoms with van der Waals surface area (Å²) < 4.78 is 15.7. The number of benzene rings is 2. The van der Waals surface area contributed by atoms with Crippen molar-refractivity contribution in [2.24, 2.45) is 0 Å². The van der Waals surface area contributed by atoms with Gasteiger partial charge in [-0.3, -0.25) is 4.79 Å². The van der Waals surface area contributed by atoms with Crippen LogP contribution in [0.4, 0.5) is 0 Å². The molecule has 2 aromatic rings. The highest BCUT2D eigenvalue weighted by Crippen LogP contribution is 2.32. The summed E-state index contributed by atoms with van der Waals surface area (Å²) in [6.45, 7) is 1.60. The molecule has 1 aliphatic rings. The minimum Gasteiger partial charge on any atom is -0.497 e. The van der Waals surface area contributed by atoms with E-state index in [9.17, 15) is 4.79 Å². The highest BCUT2D eigenvalue weighted by Gasteiger charge is 2.13. The number of methoxy groups -OCH3 is 1. The maximum Gasteiger partial charge on any atom is 0.234 e. The van der Waals surface area contributed by atoms with Crippen LogP contribution in [0.3, 0.4) is 0 Å². The zero-order valence-electron chi connectivity index (χ0n) is 13.5. The molecule has 0 saturated carbocycles. The Morgan fingerprint density at radius 2 is 1.79 bits per heavy atom. The van der Waals surface area contributed by atoms with Crippen molar-refractivity contribution < 1.29 is 19.0 Å². The van der Waals surface area contributed by atoms with E-state index in [4.69, 9.17) is 14.2 Å². The Labute approximate surface area is 140 Å². The summed E-state index contributed by atoms with van der Waals surface area (Å²) in [5.74, 6) is 2.23. The molecule has 0 aromatic heterocycles. The van der Waals surface area contributed by atoms with Gasteiger partial charge in [-0.25, -0.2) is 0 Å². The first kappa shape index (κ1) is 16.1. The van der Waals surface area contributed by atoms with Crippen LogP contribution in [0, 0.1) is 0 Å². The van der Waals surface area contributed by atoms with Gasteiger partial charge in [-0.1, -0.05) is 18.2 Å². The van der Waals surface area contributed by atoms with Gasteiger partial charge in [0.25, 0.3) is 0 Å². The van der Waals surface area contributed by atoms with E-state index < -0.39 is 0 Å². The molecule has 0 radical (unpaired) electrons. The van der Waals surface area contributed by atoms with Gasteiger partial charge in [0, 0.05) is 13.1 Å². The third-order valence-corrected chi connectivity index (χ3v) is 3.70. The highest BCUT2D eigenvalue weighted by molar-refractivity contribution is 5.78. The number of hydrogen-bond donors (Lipinski definition) is 2. The summed E-state index contributed by atoms with van der Waals surface area (Å²) in [5, 5.41) is 6.00. The number of carbonyl (C=O) groups is 1. The number of fused-ring (bicyclic) bond motifs is 1. The molecular weight excluding hydrogens is 308 g/mol. The largest absolute Gasteiger partial charge is 0.497 e. The predicted octanol–water partition coefficient (Wildman–Crippen LogP) is 1.83. The van der Waals surface area contributed by atoms with E-state index in [2.05, 4.69) is 10.6 Å². The van der Waals surface area contributed by atoms with Crippen LogP contribution >= 0.6 is 0 Å². The molecule has 1 aliphatic heterocycles. The van der Waals surface area contributed by atoms with Crippen molar-refractivity contribution >= 4 is 5.91 Å². The number of carbonyl (C=O) groups excluding carboxylic acids is 1. The van der Waals surface area contributed by atoms with Gasteiger partial charge in [0.1, 0.15) is 5.75 Å². The van der Waals surface area contributed by atoms with Gasteiger partial charge in [-0.15, -0.1) is 0 Å². The van der Waals surface area contributed by atoms with Gasteiger partial charge in [0.15, 0.2) is 11.5 Å². The molecule has 1 amide bonds. The molecule has 0 atom stereocenters. The Kier molecular flexibility index (Phi) is 5.18. The Morgan fingerprint density at radius 1 is 1.04 bits per heavy atom. The SMILES string of the molecule is COc1ccc(CNCC(=O)NCc2ccc3c(c2)OCO3)cc1. The Bertz CT molecular complexity index is 701. The predicted molar refractivity (Wildman–Crippen MR) is 89.1 cm³/mol. The lowest BCUT2D eigenvalue weighted by atomic mass is 10.2. The molecule has 1 heterocycles. The zero-order chi connectivity index (χ0) is 16.8. The second-order valence-corrected chi connectivity index (χ2v) is 5.42. The first-order valence-corrected chi connectivity index (χ1v) is 7.73. The van der Waals surface area contributed by atoms with Crippen molar-refractivity contribution in [3.05, 3.63) is 53.6 Å². The van der Waals surface area contributed by atoms with Crippen molar-refractivity contribution in [3.63, 3.8) is 0 Å². The van der Waals surface area contributed by atoms with Gasteiger partial charge < -0.3 is 24.8 Å². The molecule has 0 aliphatic carbocycles. The second-order valence-electron chi connectivity index (χ2n) is 5.42. The summed E-state index contributed by atoms with van der Waals surface area (Å²) in [4.78, 5) is 11.9. The second kappa shape index (κ2) is 7.70. The van der Waals surface area contributed by atoms with E-state index in [1.165, 1.54) is 0 Å². The van der Waals surface area contributed by atoms with Gasteiger partial charge in [0.05, 0.1) is 13.7 Å². The fourth-order valence-corrected chi connectivity index (χ4v) is 2.38. The molecule has 2 aromatic carbocycles. The van der Waals surface area contributed by atoms with Crippen LogP contribution in [0.2, 0.25) is 0 Å². The Balaban J connectivity index is 1.39. The minimum absolute atomic E-state index is 0.0545. The number of hydrogen-bond acceptors (Lipinski definition) is 5. The molecule has 0 fully saturated rings. The van der Waals surface area contributed by atoms with E-state index in [-0.39, 0.29) is 19.2 Å². The molecule has 2 N–H and O–H groups in total. The zero-order valence-corrected chi connectivity index (χ0v) is 13.5. The number of amides is 1. The van der Waals surface area contributed by atoms with E-state index >= 15 is 0 Å². The summed E-state index contributed by atoms with van der Waals surface area (Å²) in [7, 11) is 1.64. The summed E-state index contributed by atoms with van der Waals surface area (Å²) in [5.41, 5.74) is 2.07. The fraction of sp³-hybridized carbons (Fsp3) is 0.278. The van der Waals surface area contributed by atoms with Crippen molar-refractivity contribution in [1.82, 2.24) is 10.6 Å². The monoisotopic (exact) mass is 328 g/mol. The average molecular weight is 328 g/mol. The molecule has 0 spiro atoms. The van der Waals surface area contributed by atoms with Crippen LogP contribution in [0.5, 0.6) is 17.2 Å². The topological polar surface area (TPSA) is 68.8 Å². The lowest BCUT2D eigenvalue weighted by Gasteiger charge is -2.08. The summed E-state index contributed by atoms with van der Waals surface area (Å²) in [6.07, 6.45) is 0. The minimum atomic E-state index is -0.0545. The maximum atomic E-state index is 11.9. The van der Waals surface area contributed by atoms with Gasteiger partial charge in [-0.05, 0) is 35.4 Å². The van der Waals surface area contributed by atoms with Crippen molar-refractivity contribution in [3.8, 4) is 17.2 Å². The number of ether oxygens (including phenoxy) is 3.